The Bertz CT molecular complexity index is 601. The van der Waals surface area contributed by atoms with Gasteiger partial charge in [0.15, 0.2) is 0 Å². The first-order valence-electron chi connectivity index (χ1n) is 12.1. The van der Waals surface area contributed by atoms with Crippen molar-refractivity contribution in [1.82, 2.24) is 0 Å². The van der Waals surface area contributed by atoms with Gasteiger partial charge in [0.2, 0.25) is 0 Å². The van der Waals surface area contributed by atoms with Gasteiger partial charge in [-0.3, -0.25) is 0 Å². The van der Waals surface area contributed by atoms with Gasteiger partial charge in [0.25, 0.3) is 0 Å². The first-order chi connectivity index (χ1) is 13.3. The van der Waals surface area contributed by atoms with Crippen molar-refractivity contribution >= 4 is 5.57 Å². The Morgan fingerprint density at radius 1 is 0.500 bits per heavy atom. The summed E-state index contributed by atoms with van der Waals surface area (Å²) in [6, 6.07) is 0. The fraction of sp³-hybridized carbons (Fsp3) is 0.714. The molecule has 0 saturated heterocycles. The Labute approximate surface area is 177 Å². The number of hydrogen-bond donors (Lipinski definition) is 0. The average Bonchev–Trinajstić information content (AvgIpc) is 2.68. The lowest BCUT2D eigenvalue weighted by Crippen LogP contribution is -2.02. The van der Waals surface area contributed by atoms with Gasteiger partial charge in [-0.05, 0) is 100 Å². The van der Waals surface area contributed by atoms with Crippen molar-refractivity contribution in [1.29, 1.82) is 0 Å². The third-order valence-corrected chi connectivity index (χ3v) is 7.17. The van der Waals surface area contributed by atoms with Gasteiger partial charge in [-0.1, -0.05) is 76.7 Å². The average molecular weight is 385 g/mol. The van der Waals surface area contributed by atoms with E-state index in [-0.39, 0.29) is 0 Å². The summed E-state index contributed by atoms with van der Waals surface area (Å²) in [5, 5.41) is 0. The van der Waals surface area contributed by atoms with Crippen LogP contribution >= 0.6 is 0 Å². The lowest BCUT2D eigenvalue weighted by atomic mass is 9.84. The maximum absolute atomic E-state index is 2.36. The summed E-state index contributed by atoms with van der Waals surface area (Å²) < 4.78 is 0. The van der Waals surface area contributed by atoms with E-state index < -0.39 is 0 Å². The topological polar surface area (TPSA) is 0 Å². The Balaban J connectivity index is 2.43. The largest absolute Gasteiger partial charge is 0.0698 e. The molecule has 0 aliphatic carbocycles. The zero-order chi connectivity index (χ0) is 21.1. The molecular formula is C28H48. The van der Waals surface area contributed by atoms with Gasteiger partial charge in [0.1, 0.15) is 0 Å². The van der Waals surface area contributed by atoms with E-state index in [2.05, 4.69) is 55.4 Å². The summed E-state index contributed by atoms with van der Waals surface area (Å²) in [5.74, 6) is 0. The molecule has 0 fully saturated rings. The second-order valence-electron chi connectivity index (χ2n) is 9.19. The van der Waals surface area contributed by atoms with Crippen LogP contribution in [0, 0.1) is 34.6 Å². The van der Waals surface area contributed by atoms with Gasteiger partial charge in [0.05, 0.1) is 0 Å². The number of hydrogen-bond acceptors (Lipinski definition) is 0. The molecule has 0 bridgehead atoms. The van der Waals surface area contributed by atoms with Gasteiger partial charge in [-0.25, -0.2) is 0 Å². The van der Waals surface area contributed by atoms with E-state index in [1.165, 1.54) is 116 Å². The van der Waals surface area contributed by atoms with Crippen molar-refractivity contribution in [2.45, 2.75) is 132 Å². The molecule has 0 atom stereocenters. The Kier molecular flexibility index (Phi) is 11.8. The van der Waals surface area contributed by atoms with Crippen molar-refractivity contribution < 1.29 is 0 Å². The molecule has 0 heterocycles. The van der Waals surface area contributed by atoms with Crippen molar-refractivity contribution in [3.63, 3.8) is 0 Å². The van der Waals surface area contributed by atoms with Crippen molar-refractivity contribution in [3.05, 3.63) is 39.0 Å². The van der Waals surface area contributed by atoms with Crippen LogP contribution in [-0.2, 0) is 0 Å². The predicted octanol–water partition coefficient (Wildman–Crippen LogP) is 9.72. The van der Waals surface area contributed by atoms with Crippen LogP contribution in [0.3, 0.4) is 0 Å². The Hall–Kier alpha value is -1.04. The zero-order valence-corrected chi connectivity index (χ0v) is 20.5. The molecule has 28 heavy (non-hydrogen) atoms. The first-order valence-corrected chi connectivity index (χ1v) is 12.1. The zero-order valence-electron chi connectivity index (χ0n) is 20.5. The molecule has 160 valence electrons. The maximum Gasteiger partial charge on any atom is -0.0164 e. The minimum Gasteiger partial charge on any atom is -0.0698 e. The third-order valence-electron chi connectivity index (χ3n) is 7.17. The molecule has 0 aliphatic heterocycles. The summed E-state index contributed by atoms with van der Waals surface area (Å²) in [6.45, 7) is 18.5. The van der Waals surface area contributed by atoms with E-state index >= 15 is 0 Å². The van der Waals surface area contributed by atoms with Gasteiger partial charge in [-0.2, -0.15) is 0 Å². The van der Waals surface area contributed by atoms with Crippen LogP contribution in [0.15, 0.2) is 5.57 Å². The molecule has 0 spiro atoms. The molecule has 0 N–H and O–H groups in total. The lowest BCUT2D eigenvalue weighted by molar-refractivity contribution is 0.549. The summed E-state index contributed by atoms with van der Waals surface area (Å²) in [7, 11) is 0. The number of rotatable bonds is 13. The standard InChI is InChI=1S/C28H48/c1-9-10-11-12-13-14-15-16-17-18-19-20-21(2)22(3)28-26(7)24(5)23(4)25(6)27(28)8/h9-20H2,1-8H3. The fourth-order valence-electron chi connectivity index (χ4n) is 4.52. The Morgan fingerprint density at radius 3 is 1.29 bits per heavy atom. The van der Waals surface area contributed by atoms with E-state index in [0.29, 0.717) is 0 Å². The van der Waals surface area contributed by atoms with Crippen LogP contribution in [0.5, 0.6) is 0 Å². The maximum atomic E-state index is 2.36. The minimum atomic E-state index is 1.26. The number of benzene rings is 1. The van der Waals surface area contributed by atoms with Gasteiger partial charge >= 0.3 is 0 Å². The lowest BCUT2D eigenvalue weighted by Gasteiger charge is -2.21. The SMILES string of the molecule is CCCCCCCCCCCCCC(C)=C(C)c1c(C)c(C)c(C)c(C)c1C. The van der Waals surface area contributed by atoms with Gasteiger partial charge in [-0.15, -0.1) is 0 Å². The van der Waals surface area contributed by atoms with Gasteiger partial charge < -0.3 is 0 Å². The van der Waals surface area contributed by atoms with Crippen LogP contribution in [-0.4, -0.2) is 0 Å². The highest BCUT2D eigenvalue weighted by Gasteiger charge is 2.14. The summed E-state index contributed by atoms with van der Waals surface area (Å²) in [5.41, 5.74) is 12.0. The molecule has 1 aromatic rings. The van der Waals surface area contributed by atoms with Crippen LogP contribution in [0.4, 0.5) is 0 Å². The van der Waals surface area contributed by atoms with Gasteiger partial charge in [0, 0.05) is 0 Å². The second-order valence-corrected chi connectivity index (χ2v) is 9.19. The summed E-state index contributed by atoms with van der Waals surface area (Å²) in [4.78, 5) is 0. The fourth-order valence-corrected chi connectivity index (χ4v) is 4.52. The van der Waals surface area contributed by atoms with E-state index in [1.54, 1.807) is 5.57 Å². The summed E-state index contributed by atoms with van der Waals surface area (Å²) in [6.07, 6.45) is 16.9. The van der Waals surface area contributed by atoms with E-state index in [9.17, 15) is 0 Å². The molecule has 1 aromatic carbocycles. The highest BCUT2D eigenvalue weighted by Crippen LogP contribution is 2.33. The monoisotopic (exact) mass is 384 g/mol. The van der Waals surface area contributed by atoms with Crippen molar-refractivity contribution in [2.75, 3.05) is 0 Å². The Morgan fingerprint density at radius 2 is 0.857 bits per heavy atom. The van der Waals surface area contributed by atoms with Crippen LogP contribution in [0.25, 0.3) is 5.57 Å². The van der Waals surface area contributed by atoms with Crippen molar-refractivity contribution in [2.24, 2.45) is 0 Å². The number of unbranched alkanes of at least 4 members (excludes halogenated alkanes) is 10. The van der Waals surface area contributed by atoms with Crippen LogP contribution < -0.4 is 0 Å². The molecule has 0 aromatic heterocycles. The molecule has 0 amide bonds. The van der Waals surface area contributed by atoms with Crippen molar-refractivity contribution in [3.8, 4) is 0 Å². The summed E-state index contributed by atoms with van der Waals surface area (Å²) >= 11 is 0. The van der Waals surface area contributed by atoms with Crippen LogP contribution in [0.1, 0.15) is 131 Å². The second kappa shape index (κ2) is 13.2. The molecule has 0 unspecified atom stereocenters. The quantitative estimate of drug-likeness (QED) is 0.297. The molecule has 0 aliphatic rings. The third kappa shape index (κ3) is 7.41. The van der Waals surface area contributed by atoms with E-state index in [1.807, 2.05) is 0 Å². The predicted molar refractivity (Wildman–Crippen MR) is 129 cm³/mol. The molecule has 0 heteroatoms. The molecule has 0 saturated carbocycles. The van der Waals surface area contributed by atoms with E-state index in [4.69, 9.17) is 0 Å². The minimum absolute atomic E-state index is 1.26. The highest BCUT2D eigenvalue weighted by molar-refractivity contribution is 5.74. The van der Waals surface area contributed by atoms with E-state index in [0.717, 1.165) is 0 Å². The molecule has 0 nitrogen and oxygen atoms in total. The molecule has 1 rings (SSSR count). The first kappa shape index (κ1) is 25.0. The highest BCUT2D eigenvalue weighted by atomic mass is 14.2. The smallest absolute Gasteiger partial charge is 0.0164 e. The normalized spacial score (nSPS) is 12.4. The number of allylic oxidation sites excluding steroid dienone is 2. The molecule has 0 radical (unpaired) electrons. The molecular weight excluding hydrogens is 336 g/mol. The van der Waals surface area contributed by atoms with Crippen LogP contribution in [0.2, 0.25) is 0 Å².